The molecule has 0 spiro atoms. The van der Waals surface area contributed by atoms with Gasteiger partial charge in [0.05, 0.1) is 11.4 Å². The first kappa shape index (κ1) is 21.2. The monoisotopic (exact) mass is 441 g/mol. The van der Waals surface area contributed by atoms with Crippen LogP contribution in [0.1, 0.15) is 29.5 Å². The van der Waals surface area contributed by atoms with Crippen LogP contribution in [0, 0.1) is 19.7 Å². The maximum Gasteiger partial charge on any atom is 0.229 e. The third kappa shape index (κ3) is 5.56. The summed E-state index contributed by atoms with van der Waals surface area (Å²) in [6.45, 7) is 4.22. The predicted molar refractivity (Wildman–Crippen MR) is 120 cm³/mol. The van der Waals surface area contributed by atoms with Crippen LogP contribution in [-0.4, -0.2) is 23.6 Å². The van der Waals surface area contributed by atoms with E-state index in [9.17, 15) is 12.8 Å². The van der Waals surface area contributed by atoms with Crippen molar-refractivity contribution < 1.29 is 12.8 Å². The third-order valence-electron chi connectivity index (χ3n) is 4.88. The van der Waals surface area contributed by atoms with Crippen molar-refractivity contribution in [1.29, 1.82) is 0 Å². The van der Waals surface area contributed by atoms with E-state index in [-0.39, 0.29) is 23.6 Å². The molecule has 0 saturated heterocycles. The molecule has 0 atom stereocenters. The molecule has 31 heavy (non-hydrogen) atoms. The van der Waals surface area contributed by atoms with Crippen molar-refractivity contribution in [3.05, 3.63) is 71.2 Å². The van der Waals surface area contributed by atoms with E-state index in [1.807, 2.05) is 26.0 Å². The van der Waals surface area contributed by atoms with Crippen LogP contribution in [0.15, 0.2) is 48.7 Å². The zero-order chi connectivity index (χ0) is 22.0. The molecule has 1 aromatic heterocycles. The summed E-state index contributed by atoms with van der Waals surface area (Å²) in [5.41, 5.74) is 4.47. The van der Waals surface area contributed by atoms with Crippen molar-refractivity contribution in [2.45, 2.75) is 38.5 Å². The lowest BCUT2D eigenvalue weighted by molar-refractivity contribution is 0.580. The Bertz CT molecular complexity index is 1170. The molecule has 0 amide bonds. The van der Waals surface area contributed by atoms with Gasteiger partial charge in [0.15, 0.2) is 11.6 Å². The Morgan fingerprint density at radius 1 is 1.00 bits per heavy atom. The summed E-state index contributed by atoms with van der Waals surface area (Å²) in [5.74, 6) is -0.253. The van der Waals surface area contributed by atoms with Gasteiger partial charge < -0.3 is 10.6 Å². The summed E-state index contributed by atoms with van der Waals surface area (Å²) in [4.78, 5) is 8.25. The van der Waals surface area contributed by atoms with Crippen LogP contribution in [0.25, 0.3) is 0 Å². The highest BCUT2D eigenvalue weighted by atomic mass is 32.2. The van der Waals surface area contributed by atoms with Gasteiger partial charge >= 0.3 is 0 Å². The number of rotatable bonds is 8. The van der Waals surface area contributed by atoms with Crippen LogP contribution in [0.4, 0.5) is 27.5 Å². The molecule has 1 saturated carbocycles. The van der Waals surface area contributed by atoms with E-state index in [0.29, 0.717) is 5.69 Å². The first-order chi connectivity index (χ1) is 14.8. The smallest absolute Gasteiger partial charge is 0.229 e. The largest absolute Gasteiger partial charge is 0.338 e. The van der Waals surface area contributed by atoms with Crippen molar-refractivity contribution in [3.63, 3.8) is 0 Å². The minimum atomic E-state index is -3.22. The van der Waals surface area contributed by atoms with E-state index in [2.05, 4.69) is 31.4 Å². The van der Waals surface area contributed by atoms with Crippen molar-refractivity contribution in [2.75, 3.05) is 10.6 Å². The Labute approximate surface area is 181 Å². The highest BCUT2D eigenvalue weighted by molar-refractivity contribution is 7.90. The second kappa shape index (κ2) is 8.60. The van der Waals surface area contributed by atoms with Gasteiger partial charge in [-0.15, -0.1) is 0 Å². The van der Waals surface area contributed by atoms with Gasteiger partial charge in [-0.3, -0.25) is 0 Å². The number of nitrogens with zero attached hydrogens (tertiary/aromatic N) is 2. The molecule has 162 valence electrons. The molecule has 7 nitrogen and oxygen atoms in total. The summed E-state index contributed by atoms with van der Waals surface area (Å²) in [6.07, 6.45) is 2.56. The molecule has 4 rings (SSSR count). The van der Waals surface area contributed by atoms with Gasteiger partial charge in [-0.25, -0.2) is 22.5 Å². The fourth-order valence-electron chi connectivity index (χ4n) is 3.21. The van der Waals surface area contributed by atoms with E-state index in [4.69, 9.17) is 0 Å². The highest BCUT2D eigenvalue weighted by Gasteiger charge is 2.35. The molecule has 1 aliphatic rings. The zero-order valence-corrected chi connectivity index (χ0v) is 18.1. The average molecular weight is 442 g/mol. The van der Waals surface area contributed by atoms with Crippen LogP contribution in [0.2, 0.25) is 0 Å². The second-order valence-corrected chi connectivity index (χ2v) is 9.82. The normalized spacial score (nSPS) is 13.8. The molecule has 1 aliphatic carbocycles. The third-order valence-corrected chi connectivity index (χ3v) is 6.78. The van der Waals surface area contributed by atoms with Gasteiger partial charge in [0.2, 0.25) is 16.0 Å². The minimum absolute atomic E-state index is 0.0454. The number of nitrogens with one attached hydrogen (secondary N) is 3. The number of halogens is 1. The predicted octanol–water partition coefficient (Wildman–Crippen LogP) is 4.30. The first-order valence-corrected chi connectivity index (χ1v) is 11.6. The topological polar surface area (TPSA) is 96.0 Å². The molecular formula is C22H24FN5O2S. The molecule has 1 fully saturated rings. The molecule has 2 aromatic carbocycles. The summed E-state index contributed by atoms with van der Waals surface area (Å²) in [5, 5.41) is 5.79. The Balaban J connectivity index is 1.43. The fraction of sp³-hybridized carbons (Fsp3) is 0.273. The summed E-state index contributed by atoms with van der Waals surface area (Å²) >= 11 is 0. The van der Waals surface area contributed by atoms with E-state index < -0.39 is 15.8 Å². The quantitative estimate of drug-likeness (QED) is 0.482. The van der Waals surface area contributed by atoms with Crippen LogP contribution in [0.3, 0.4) is 0 Å². The molecule has 0 unspecified atom stereocenters. The van der Waals surface area contributed by atoms with E-state index in [0.717, 1.165) is 41.4 Å². The Kier molecular flexibility index (Phi) is 5.88. The number of anilines is 4. The maximum atomic E-state index is 14.2. The van der Waals surface area contributed by atoms with Crippen LogP contribution in [0.5, 0.6) is 0 Å². The second-order valence-electron chi connectivity index (χ2n) is 7.78. The summed E-state index contributed by atoms with van der Waals surface area (Å²) in [7, 11) is -3.22. The van der Waals surface area contributed by atoms with Gasteiger partial charge in [-0.05, 0) is 67.6 Å². The molecule has 0 bridgehead atoms. The van der Waals surface area contributed by atoms with E-state index in [1.54, 1.807) is 24.3 Å². The van der Waals surface area contributed by atoms with Crippen LogP contribution in [-0.2, 0) is 16.6 Å². The van der Waals surface area contributed by atoms with Gasteiger partial charge in [0, 0.05) is 17.9 Å². The zero-order valence-electron chi connectivity index (χ0n) is 17.3. The summed E-state index contributed by atoms with van der Waals surface area (Å²) < 4.78 is 40.7. The average Bonchev–Trinajstić information content (AvgIpc) is 3.55. The molecule has 3 aromatic rings. The molecular weight excluding hydrogens is 417 g/mol. The number of aromatic nitrogens is 2. The Hall–Kier alpha value is -3.04. The SMILES string of the molecule is Cc1cc(C)cc(Nc2ncc(F)c(Nc3ccc(CNS(=O)(=O)C4CC4)cc3)n2)c1. The number of aryl methyl sites for hydroxylation is 2. The Morgan fingerprint density at radius 2 is 1.68 bits per heavy atom. The Morgan fingerprint density at radius 3 is 2.32 bits per heavy atom. The maximum absolute atomic E-state index is 14.2. The van der Waals surface area contributed by atoms with Crippen LogP contribution >= 0.6 is 0 Å². The van der Waals surface area contributed by atoms with Crippen molar-refractivity contribution in [3.8, 4) is 0 Å². The molecule has 0 aliphatic heterocycles. The standard InChI is InChI=1S/C22H24FN5O2S/c1-14-9-15(2)11-18(10-14)27-22-24-13-20(23)21(28-22)26-17-5-3-16(4-6-17)12-25-31(29,30)19-7-8-19/h3-6,9-11,13,19,25H,7-8,12H2,1-2H3,(H2,24,26,27,28). The lowest BCUT2D eigenvalue weighted by Gasteiger charge is -2.11. The van der Waals surface area contributed by atoms with Crippen molar-refractivity contribution in [2.24, 2.45) is 0 Å². The van der Waals surface area contributed by atoms with Crippen molar-refractivity contribution in [1.82, 2.24) is 14.7 Å². The first-order valence-electron chi connectivity index (χ1n) is 10.0. The van der Waals surface area contributed by atoms with Crippen molar-refractivity contribution >= 4 is 33.2 Å². The van der Waals surface area contributed by atoms with Crippen LogP contribution < -0.4 is 15.4 Å². The number of benzene rings is 2. The highest BCUT2D eigenvalue weighted by Crippen LogP contribution is 2.27. The summed E-state index contributed by atoms with van der Waals surface area (Å²) in [6, 6.07) is 13.0. The molecule has 9 heteroatoms. The van der Waals surface area contributed by atoms with Gasteiger partial charge in [-0.1, -0.05) is 18.2 Å². The van der Waals surface area contributed by atoms with Gasteiger partial charge in [0.25, 0.3) is 0 Å². The number of hydrogen-bond acceptors (Lipinski definition) is 6. The number of hydrogen-bond donors (Lipinski definition) is 3. The lowest BCUT2D eigenvalue weighted by atomic mass is 10.1. The lowest BCUT2D eigenvalue weighted by Crippen LogP contribution is -2.26. The molecule has 0 radical (unpaired) electrons. The molecule has 1 heterocycles. The molecule has 3 N–H and O–H groups in total. The van der Waals surface area contributed by atoms with E-state index >= 15 is 0 Å². The van der Waals surface area contributed by atoms with Gasteiger partial charge in [-0.2, -0.15) is 4.98 Å². The minimum Gasteiger partial charge on any atom is -0.338 e. The fourth-order valence-corrected chi connectivity index (χ4v) is 4.57. The van der Waals surface area contributed by atoms with Gasteiger partial charge in [0.1, 0.15) is 0 Å². The van der Waals surface area contributed by atoms with E-state index in [1.165, 1.54) is 0 Å². The number of sulfonamides is 1.